The molecule has 1 aliphatic heterocycles. The summed E-state index contributed by atoms with van der Waals surface area (Å²) < 4.78 is 12.9. The van der Waals surface area contributed by atoms with E-state index < -0.39 is 5.41 Å². The van der Waals surface area contributed by atoms with Gasteiger partial charge in [0.25, 0.3) is 0 Å². The van der Waals surface area contributed by atoms with Gasteiger partial charge in [-0.1, -0.05) is 103 Å². The topological polar surface area (TPSA) is 18.5 Å². The largest absolute Gasteiger partial charge is 0.494 e. The molecule has 0 saturated carbocycles. The molecule has 36 heavy (non-hydrogen) atoms. The van der Waals surface area contributed by atoms with E-state index in [2.05, 4.69) is 131 Å². The maximum Gasteiger partial charge on any atom is 0.494 e. The predicted molar refractivity (Wildman–Crippen MR) is 148 cm³/mol. The van der Waals surface area contributed by atoms with Gasteiger partial charge in [0, 0.05) is 0 Å². The van der Waals surface area contributed by atoms with Gasteiger partial charge in [-0.3, -0.25) is 0 Å². The van der Waals surface area contributed by atoms with Crippen molar-refractivity contribution < 1.29 is 9.31 Å². The SMILES string of the molecule is CC1(C)OB(c2ccc3c(c2)-c2ccccc2C32c3ccccc3C=Cc3ccccc32)OC1(C)C. The van der Waals surface area contributed by atoms with Crippen molar-refractivity contribution in [3.8, 4) is 11.1 Å². The molecule has 176 valence electrons. The average molecular weight is 468 g/mol. The van der Waals surface area contributed by atoms with E-state index in [4.69, 9.17) is 9.31 Å². The van der Waals surface area contributed by atoms with E-state index >= 15 is 0 Å². The predicted octanol–water partition coefficient (Wildman–Crippen LogP) is 6.83. The molecule has 4 aromatic rings. The number of fused-ring (bicyclic) bond motifs is 9. The average Bonchev–Trinajstić information content (AvgIpc) is 3.22. The first-order valence-electron chi connectivity index (χ1n) is 12.8. The minimum Gasteiger partial charge on any atom is -0.399 e. The number of hydrogen-bond donors (Lipinski definition) is 0. The number of rotatable bonds is 1. The van der Waals surface area contributed by atoms with Gasteiger partial charge in [0.05, 0.1) is 16.6 Å². The Labute approximate surface area is 213 Å². The van der Waals surface area contributed by atoms with Crippen LogP contribution in [0.4, 0.5) is 0 Å². The van der Waals surface area contributed by atoms with Gasteiger partial charge < -0.3 is 9.31 Å². The summed E-state index contributed by atoms with van der Waals surface area (Å²) in [5, 5.41) is 0. The molecular formula is C33H29BO2. The smallest absolute Gasteiger partial charge is 0.399 e. The molecule has 2 aliphatic carbocycles. The molecule has 0 atom stereocenters. The van der Waals surface area contributed by atoms with Gasteiger partial charge in [-0.15, -0.1) is 0 Å². The van der Waals surface area contributed by atoms with Crippen LogP contribution in [0.2, 0.25) is 0 Å². The monoisotopic (exact) mass is 468 g/mol. The van der Waals surface area contributed by atoms with E-state index in [1.165, 1.54) is 44.5 Å². The van der Waals surface area contributed by atoms with Gasteiger partial charge in [0.2, 0.25) is 0 Å². The summed E-state index contributed by atoms with van der Waals surface area (Å²) in [5.74, 6) is 0. The molecule has 3 heteroatoms. The van der Waals surface area contributed by atoms with Crippen LogP contribution in [0.3, 0.4) is 0 Å². The normalized spacial score (nSPS) is 19.4. The molecule has 0 amide bonds. The molecule has 7 rings (SSSR count). The lowest BCUT2D eigenvalue weighted by atomic mass is 9.65. The minimum atomic E-state index is -0.392. The number of benzene rings is 4. The Morgan fingerprint density at radius 3 is 1.64 bits per heavy atom. The molecule has 1 heterocycles. The van der Waals surface area contributed by atoms with Crippen molar-refractivity contribution in [3.63, 3.8) is 0 Å². The van der Waals surface area contributed by atoms with Gasteiger partial charge >= 0.3 is 7.12 Å². The highest BCUT2D eigenvalue weighted by molar-refractivity contribution is 6.62. The van der Waals surface area contributed by atoms with Crippen LogP contribution in [0.5, 0.6) is 0 Å². The first-order chi connectivity index (χ1) is 17.3. The van der Waals surface area contributed by atoms with E-state index in [-0.39, 0.29) is 18.3 Å². The van der Waals surface area contributed by atoms with Gasteiger partial charge in [-0.2, -0.15) is 0 Å². The Morgan fingerprint density at radius 2 is 1.03 bits per heavy atom. The first-order valence-corrected chi connectivity index (χ1v) is 12.8. The minimum absolute atomic E-state index is 0.374. The lowest BCUT2D eigenvalue weighted by Crippen LogP contribution is -2.41. The fourth-order valence-corrected chi connectivity index (χ4v) is 6.30. The molecule has 1 spiro atoms. The van der Waals surface area contributed by atoms with Crippen molar-refractivity contribution in [1.29, 1.82) is 0 Å². The van der Waals surface area contributed by atoms with Gasteiger partial charge in [-0.25, -0.2) is 0 Å². The van der Waals surface area contributed by atoms with Crippen molar-refractivity contribution in [2.45, 2.75) is 44.3 Å². The second kappa shape index (κ2) is 7.32. The van der Waals surface area contributed by atoms with Crippen LogP contribution in [0, 0.1) is 0 Å². The van der Waals surface area contributed by atoms with E-state index in [1.807, 2.05) is 0 Å². The van der Waals surface area contributed by atoms with Gasteiger partial charge in [-0.05, 0) is 77.7 Å². The molecular weight excluding hydrogens is 439 g/mol. The molecule has 0 bridgehead atoms. The lowest BCUT2D eigenvalue weighted by Gasteiger charge is -2.35. The van der Waals surface area contributed by atoms with Crippen LogP contribution in [0.25, 0.3) is 23.3 Å². The van der Waals surface area contributed by atoms with Crippen LogP contribution < -0.4 is 5.46 Å². The zero-order valence-corrected chi connectivity index (χ0v) is 21.2. The van der Waals surface area contributed by atoms with Crippen LogP contribution >= 0.6 is 0 Å². The van der Waals surface area contributed by atoms with Gasteiger partial charge in [0.15, 0.2) is 0 Å². The molecule has 4 aromatic carbocycles. The van der Waals surface area contributed by atoms with Crippen molar-refractivity contribution >= 4 is 24.7 Å². The third-order valence-electron chi connectivity index (χ3n) is 8.77. The number of hydrogen-bond acceptors (Lipinski definition) is 2. The summed E-state index contributed by atoms with van der Waals surface area (Å²) in [4.78, 5) is 0. The van der Waals surface area contributed by atoms with Crippen LogP contribution in [-0.2, 0) is 14.7 Å². The third-order valence-corrected chi connectivity index (χ3v) is 8.77. The lowest BCUT2D eigenvalue weighted by molar-refractivity contribution is 0.00578. The van der Waals surface area contributed by atoms with Crippen molar-refractivity contribution in [2.24, 2.45) is 0 Å². The van der Waals surface area contributed by atoms with E-state index in [9.17, 15) is 0 Å². The fourth-order valence-electron chi connectivity index (χ4n) is 6.30. The van der Waals surface area contributed by atoms with Crippen molar-refractivity contribution in [2.75, 3.05) is 0 Å². The zero-order valence-electron chi connectivity index (χ0n) is 21.2. The van der Waals surface area contributed by atoms with Crippen LogP contribution in [0.1, 0.15) is 61.1 Å². The second-order valence-corrected chi connectivity index (χ2v) is 11.2. The van der Waals surface area contributed by atoms with Crippen molar-refractivity contribution in [1.82, 2.24) is 0 Å². The molecule has 0 N–H and O–H groups in total. The van der Waals surface area contributed by atoms with Crippen LogP contribution in [-0.4, -0.2) is 18.3 Å². The first kappa shape index (κ1) is 21.9. The maximum absolute atomic E-state index is 6.44. The quantitative estimate of drug-likeness (QED) is 0.246. The summed E-state index contributed by atoms with van der Waals surface area (Å²) in [5.41, 5.74) is 10.2. The molecule has 1 fully saturated rings. The van der Waals surface area contributed by atoms with Gasteiger partial charge in [0.1, 0.15) is 0 Å². The van der Waals surface area contributed by atoms with E-state index in [0.29, 0.717) is 0 Å². The molecule has 0 aromatic heterocycles. The standard InChI is InChI=1S/C33H29BO2/c1-31(2)32(3,4)36-34(35-31)24-19-20-30-26(21-24)25-13-7-10-16-29(25)33(30)27-14-8-5-11-22(27)17-18-23-12-6-9-15-28(23)33/h5-21H,1-4H3. The molecule has 0 radical (unpaired) electrons. The molecule has 1 saturated heterocycles. The second-order valence-electron chi connectivity index (χ2n) is 11.2. The van der Waals surface area contributed by atoms with E-state index in [0.717, 1.165) is 5.46 Å². The van der Waals surface area contributed by atoms with E-state index in [1.54, 1.807) is 0 Å². The third kappa shape index (κ3) is 2.76. The fraction of sp³-hybridized carbons (Fsp3) is 0.212. The Kier molecular flexibility index (Phi) is 4.44. The Balaban J connectivity index is 1.53. The molecule has 0 unspecified atom stereocenters. The highest BCUT2D eigenvalue weighted by Gasteiger charge is 2.53. The Bertz CT molecular complexity index is 1500. The Hall–Kier alpha value is -3.40. The summed E-state index contributed by atoms with van der Waals surface area (Å²) in [6.45, 7) is 8.43. The molecule has 2 nitrogen and oxygen atoms in total. The molecule has 3 aliphatic rings. The van der Waals surface area contributed by atoms with Crippen LogP contribution in [0.15, 0.2) is 91.0 Å². The highest BCUT2D eigenvalue weighted by atomic mass is 16.7. The summed E-state index contributed by atoms with van der Waals surface area (Å²) in [6.07, 6.45) is 4.53. The summed E-state index contributed by atoms with van der Waals surface area (Å²) >= 11 is 0. The highest BCUT2D eigenvalue weighted by Crippen LogP contribution is 2.58. The maximum atomic E-state index is 6.44. The van der Waals surface area contributed by atoms with Crippen molar-refractivity contribution in [3.05, 3.63) is 124 Å². The Morgan fingerprint density at radius 1 is 0.528 bits per heavy atom. The summed E-state index contributed by atoms with van der Waals surface area (Å²) in [6, 6.07) is 33.4. The zero-order chi connectivity index (χ0) is 24.7. The summed E-state index contributed by atoms with van der Waals surface area (Å²) in [7, 11) is -0.389.